The molecule has 3 amide bonds. The summed E-state index contributed by atoms with van der Waals surface area (Å²) in [7, 11) is 0. The first-order chi connectivity index (χ1) is 13.4. The van der Waals surface area contributed by atoms with Crippen molar-refractivity contribution in [1.29, 1.82) is 0 Å². The maximum atomic E-state index is 13.1. The third-order valence-corrected chi connectivity index (χ3v) is 6.13. The molecule has 1 atom stereocenters. The molecule has 1 aliphatic heterocycles. The second kappa shape index (κ2) is 7.04. The Bertz CT molecular complexity index is 1060. The molecule has 0 spiro atoms. The highest BCUT2D eigenvalue weighted by atomic mass is 35.5. The summed E-state index contributed by atoms with van der Waals surface area (Å²) in [5, 5.41) is 5.95. The standard InChI is InChI=1S/C21H18ClN3O2S/c1-13-7-9-14(10-8-13)18-23-15(12-28-18)11-25-19(26)21(2,24-20(25)27)16-5-3-4-6-17(16)22/h3-10,12H,11H2,1-2H3,(H,24,27)/t21-/m1/s1. The number of halogens is 1. The SMILES string of the molecule is Cc1ccc(-c2nc(CN3C(=O)N[C@](C)(c4ccccc4Cl)C3=O)cs2)cc1. The molecule has 1 saturated heterocycles. The maximum Gasteiger partial charge on any atom is 0.325 e. The van der Waals surface area contributed by atoms with Crippen molar-refractivity contribution in [2.45, 2.75) is 25.9 Å². The number of benzene rings is 2. The quantitative estimate of drug-likeness (QED) is 0.631. The topological polar surface area (TPSA) is 62.3 Å². The van der Waals surface area contributed by atoms with Gasteiger partial charge in [-0.1, -0.05) is 59.6 Å². The second-order valence-electron chi connectivity index (χ2n) is 6.94. The molecule has 142 valence electrons. The number of hydrogen-bond donors (Lipinski definition) is 1. The molecule has 1 fully saturated rings. The van der Waals surface area contributed by atoms with Crippen LogP contribution >= 0.6 is 22.9 Å². The van der Waals surface area contributed by atoms with E-state index < -0.39 is 11.6 Å². The zero-order chi connectivity index (χ0) is 19.9. The maximum absolute atomic E-state index is 13.1. The van der Waals surface area contributed by atoms with Crippen LogP contribution in [0.4, 0.5) is 4.79 Å². The summed E-state index contributed by atoms with van der Waals surface area (Å²) in [6, 6.07) is 14.7. The van der Waals surface area contributed by atoms with Crippen LogP contribution in [0, 0.1) is 6.92 Å². The number of carbonyl (C=O) groups excluding carboxylic acids is 2. The summed E-state index contributed by atoms with van der Waals surface area (Å²) in [6.07, 6.45) is 0. The van der Waals surface area contributed by atoms with Crippen LogP contribution in [0.15, 0.2) is 53.9 Å². The number of rotatable bonds is 4. The number of carbonyl (C=O) groups is 2. The van der Waals surface area contributed by atoms with Crippen molar-refractivity contribution in [2.75, 3.05) is 0 Å². The van der Waals surface area contributed by atoms with E-state index in [0.717, 1.165) is 10.6 Å². The van der Waals surface area contributed by atoms with E-state index >= 15 is 0 Å². The summed E-state index contributed by atoms with van der Waals surface area (Å²) < 4.78 is 0. The van der Waals surface area contributed by atoms with Gasteiger partial charge in [0.05, 0.1) is 12.2 Å². The number of imide groups is 1. The van der Waals surface area contributed by atoms with E-state index in [1.807, 2.05) is 36.6 Å². The zero-order valence-corrected chi connectivity index (χ0v) is 17.0. The average molecular weight is 412 g/mol. The minimum absolute atomic E-state index is 0.118. The van der Waals surface area contributed by atoms with E-state index in [0.29, 0.717) is 16.3 Å². The van der Waals surface area contributed by atoms with Crippen molar-refractivity contribution < 1.29 is 9.59 Å². The van der Waals surface area contributed by atoms with Crippen molar-refractivity contribution in [3.63, 3.8) is 0 Å². The van der Waals surface area contributed by atoms with Gasteiger partial charge in [0.2, 0.25) is 0 Å². The van der Waals surface area contributed by atoms with Gasteiger partial charge in [0, 0.05) is 21.5 Å². The number of nitrogens with zero attached hydrogens (tertiary/aromatic N) is 2. The molecule has 0 unspecified atom stereocenters. The van der Waals surface area contributed by atoms with Crippen molar-refractivity contribution in [3.05, 3.63) is 75.8 Å². The van der Waals surface area contributed by atoms with Crippen molar-refractivity contribution >= 4 is 34.9 Å². The second-order valence-corrected chi connectivity index (χ2v) is 8.20. The molecule has 2 heterocycles. The van der Waals surface area contributed by atoms with Gasteiger partial charge in [-0.25, -0.2) is 9.78 Å². The molecule has 28 heavy (non-hydrogen) atoms. The van der Waals surface area contributed by atoms with Crippen LogP contribution in [0.25, 0.3) is 10.6 Å². The van der Waals surface area contributed by atoms with Gasteiger partial charge in [0.25, 0.3) is 5.91 Å². The Hall–Kier alpha value is -2.70. The van der Waals surface area contributed by atoms with E-state index in [1.165, 1.54) is 21.8 Å². The largest absolute Gasteiger partial charge is 0.325 e. The summed E-state index contributed by atoms with van der Waals surface area (Å²) in [6.45, 7) is 3.82. The molecule has 1 aliphatic rings. The van der Waals surface area contributed by atoms with Crippen molar-refractivity contribution in [3.8, 4) is 10.6 Å². The predicted octanol–water partition coefficient (Wildman–Crippen LogP) is 4.74. The average Bonchev–Trinajstić information content (AvgIpc) is 3.22. The van der Waals surface area contributed by atoms with Crippen LogP contribution in [-0.4, -0.2) is 21.8 Å². The van der Waals surface area contributed by atoms with Crippen LogP contribution in [0.1, 0.15) is 23.7 Å². The number of hydrogen-bond acceptors (Lipinski definition) is 4. The Morgan fingerprint density at radius 2 is 1.86 bits per heavy atom. The fourth-order valence-electron chi connectivity index (χ4n) is 3.26. The summed E-state index contributed by atoms with van der Waals surface area (Å²) in [5.74, 6) is -0.338. The van der Waals surface area contributed by atoms with Gasteiger partial charge in [-0.2, -0.15) is 0 Å². The van der Waals surface area contributed by atoms with E-state index in [1.54, 1.807) is 31.2 Å². The fraction of sp³-hybridized carbons (Fsp3) is 0.190. The van der Waals surface area contributed by atoms with Gasteiger partial charge in [0.15, 0.2) is 0 Å². The Morgan fingerprint density at radius 3 is 2.57 bits per heavy atom. The lowest BCUT2D eigenvalue weighted by Crippen LogP contribution is -2.41. The normalized spacial score (nSPS) is 19.2. The highest BCUT2D eigenvalue weighted by Gasteiger charge is 2.49. The first-order valence-electron chi connectivity index (χ1n) is 8.79. The molecule has 0 aliphatic carbocycles. The van der Waals surface area contributed by atoms with Crippen molar-refractivity contribution in [2.24, 2.45) is 0 Å². The molecule has 7 heteroatoms. The number of nitrogens with one attached hydrogen (secondary N) is 1. The van der Waals surface area contributed by atoms with Crippen LogP contribution in [-0.2, 0) is 16.9 Å². The van der Waals surface area contributed by atoms with E-state index in [9.17, 15) is 9.59 Å². The molecular weight excluding hydrogens is 394 g/mol. The van der Waals surface area contributed by atoms with Crippen molar-refractivity contribution in [1.82, 2.24) is 15.2 Å². The minimum atomic E-state index is -1.19. The zero-order valence-electron chi connectivity index (χ0n) is 15.4. The van der Waals surface area contributed by atoms with Gasteiger partial charge in [0.1, 0.15) is 10.5 Å². The predicted molar refractivity (Wildman–Crippen MR) is 110 cm³/mol. The Balaban J connectivity index is 1.58. The Morgan fingerprint density at radius 1 is 1.14 bits per heavy atom. The van der Waals surface area contributed by atoms with Crippen LogP contribution < -0.4 is 5.32 Å². The molecule has 3 aromatic rings. The molecule has 1 N–H and O–H groups in total. The first-order valence-corrected chi connectivity index (χ1v) is 10.0. The van der Waals surface area contributed by atoms with Gasteiger partial charge < -0.3 is 5.32 Å². The lowest BCUT2D eigenvalue weighted by Gasteiger charge is -2.23. The summed E-state index contributed by atoms with van der Waals surface area (Å²) >= 11 is 7.76. The van der Waals surface area contributed by atoms with Crippen LogP contribution in [0.5, 0.6) is 0 Å². The molecule has 5 nitrogen and oxygen atoms in total. The minimum Gasteiger partial charge on any atom is -0.319 e. The molecule has 1 aromatic heterocycles. The molecule has 0 saturated carbocycles. The highest BCUT2D eigenvalue weighted by molar-refractivity contribution is 7.13. The van der Waals surface area contributed by atoms with Gasteiger partial charge in [-0.15, -0.1) is 11.3 Å². The third-order valence-electron chi connectivity index (χ3n) is 4.86. The van der Waals surface area contributed by atoms with Crippen LogP contribution in [0.2, 0.25) is 5.02 Å². The smallest absolute Gasteiger partial charge is 0.319 e. The molecule has 4 rings (SSSR count). The van der Waals surface area contributed by atoms with E-state index in [4.69, 9.17) is 11.6 Å². The number of thiazole rings is 1. The Kier molecular flexibility index (Phi) is 4.69. The lowest BCUT2D eigenvalue weighted by atomic mass is 9.92. The summed E-state index contributed by atoms with van der Waals surface area (Å²) in [5.41, 5.74) is 2.26. The highest BCUT2D eigenvalue weighted by Crippen LogP contribution is 2.34. The number of aromatic nitrogens is 1. The lowest BCUT2D eigenvalue weighted by molar-refractivity contribution is -0.131. The van der Waals surface area contributed by atoms with Gasteiger partial charge in [-0.05, 0) is 19.9 Å². The first kappa shape index (κ1) is 18.7. The van der Waals surface area contributed by atoms with Crippen LogP contribution in [0.3, 0.4) is 0 Å². The van der Waals surface area contributed by atoms with Gasteiger partial charge >= 0.3 is 6.03 Å². The van der Waals surface area contributed by atoms with E-state index in [2.05, 4.69) is 10.3 Å². The molecule has 0 bridgehead atoms. The summed E-state index contributed by atoms with van der Waals surface area (Å²) in [4.78, 5) is 31.4. The van der Waals surface area contributed by atoms with Gasteiger partial charge in [-0.3, -0.25) is 9.69 Å². The number of aryl methyl sites for hydroxylation is 1. The Labute approximate surface area is 172 Å². The number of amides is 3. The molecule has 2 aromatic carbocycles. The monoisotopic (exact) mass is 411 g/mol. The number of urea groups is 1. The molecular formula is C21H18ClN3O2S. The third kappa shape index (κ3) is 3.19. The fourth-order valence-corrected chi connectivity index (χ4v) is 4.40. The van der Waals surface area contributed by atoms with E-state index in [-0.39, 0.29) is 12.5 Å². The molecule has 0 radical (unpaired) electrons.